The van der Waals surface area contributed by atoms with Crippen LogP contribution >= 0.6 is 27.5 Å². The van der Waals surface area contributed by atoms with Gasteiger partial charge in [-0.05, 0) is 28.1 Å². The molecule has 1 aromatic rings. The highest BCUT2D eigenvalue weighted by Crippen LogP contribution is 2.15. The van der Waals surface area contributed by atoms with Crippen LogP contribution in [0.3, 0.4) is 0 Å². The molecular formula is C8H7BrClNO. The Balaban J connectivity index is 2.87. The van der Waals surface area contributed by atoms with Gasteiger partial charge in [-0.15, -0.1) is 11.6 Å². The molecule has 0 fully saturated rings. The van der Waals surface area contributed by atoms with E-state index >= 15 is 0 Å². The van der Waals surface area contributed by atoms with Crippen molar-refractivity contribution in [1.82, 2.24) is 4.98 Å². The molecule has 12 heavy (non-hydrogen) atoms. The number of nitrogens with zero attached hydrogens (tertiary/aromatic N) is 1. The van der Waals surface area contributed by atoms with Crippen molar-refractivity contribution in [3.63, 3.8) is 0 Å². The highest BCUT2D eigenvalue weighted by molar-refractivity contribution is 9.10. The van der Waals surface area contributed by atoms with Crippen molar-refractivity contribution in [2.24, 2.45) is 0 Å². The molecule has 0 bridgehead atoms. The molecule has 0 saturated heterocycles. The van der Waals surface area contributed by atoms with Gasteiger partial charge in [-0.25, -0.2) is 0 Å². The van der Waals surface area contributed by atoms with E-state index in [0.29, 0.717) is 5.69 Å². The molecule has 0 N–H and O–H groups in total. The zero-order valence-electron chi connectivity index (χ0n) is 6.21. The van der Waals surface area contributed by atoms with E-state index in [1.54, 1.807) is 12.3 Å². The number of hydrogen-bond donors (Lipinski definition) is 0. The van der Waals surface area contributed by atoms with Gasteiger partial charge >= 0.3 is 0 Å². The summed E-state index contributed by atoms with van der Waals surface area (Å²) in [5, 5.41) is 0. The summed E-state index contributed by atoms with van der Waals surface area (Å²) in [6.45, 7) is 0. The number of carbonyl (C=O) groups is 1. The maximum atomic E-state index is 10.5. The molecule has 1 heterocycles. The monoisotopic (exact) mass is 247 g/mol. The van der Waals surface area contributed by atoms with Gasteiger partial charge in [0.25, 0.3) is 0 Å². The van der Waals surface area contributed by atoms with Gasteiger partial charge in [-0.3, -0.25) is 4.98 Å². The van der Waals surface area contributed by atoms with Crippen LogP contribution in [0.1, 0.15) is 11.6 Å². The van der Waals surface area contributed by atoms with E-state index in [2.05, 4.69) is 20.9 Å². The first-order valence-corrected chi connectivity index (χ1v) is 4.73. The van der Waals surface area contributed by atoms with Crippen LogP contribution in [0.4, 0.5) is 0 Å². The molecule has 0 spiro atoms. The molecule has 0 aliphatic rings. The van der Waals surface area contributed by atoms with Crippen LogP contribution in [0, 0.1) is 0 Å². The van der Waals surface area contributed by atoms with Gasteiger partial charge in [0.15, 0.2) is 0 Å². The van der Waals surface area contributed by atoms with Crippen molar-refractivity contribution < 1.29 is 4.79 Å². The molecule has 1 unspecified atom stereocenters. The van der Waals surface area contributed by atoms with Crippen molar-refractivity contribution in [2.75, 3.05) is 5.88 Å². The summed E-state index contributed by atoms with van der Waals surface area (Å²) < 4.78 is 0.894. The fourth-order valence-electron chi connectivity index (χ4n) is 0.792. The zero-order chi connectivity index (χ0) is 8.97. The number of aldehydes is 1. The number of pyridine rings is 1. The lowest BCUT2D eigenvalue weighted by molar-refractivity contribution is -0.108. The Kier molecular flexibility index (Phi) is 3.69. The molecule has 0 aromatic carbocycles. The molecule has 4 heteroatoms. The summed E-state index contributed by atoms with van der Waals surface area (Å²) in [7, 11) is 0. The van der Waals surface area contributed by atoms with Crippen molar-refractivity contribution in [1.29, 1.82) is 0 Å². The standard InChI is InChI=1S/C8H7BrClNO/c9-7-1-2-8(11-4-7)6(3-10)5-12/h1-2,4-6H,3H2. The maximum absolute atomic E-state index is 10.5. The number of halogens is 2. The van der Waals surface area contributed by atoms with Crippen LogP contribution in [0.5, 0.6) is 0 Å². The number of carbonyl (C=O) groups excluding carboxylic acids is 1. The molecule has 0 amide bonds. The lowest BCUT2D eigenvalue weighted by Gasteiger charge is -2.04. The Bertz CT molecular complexity index is 262. The highest BCUT2D eigenvalue weighted by Gasteiger charge is 2.09. The van der Waals surface area contributed by atoms with Gasteiger partial charge in [0.1, 0.15) is 6.29 Å². The van der Waals surface area contributed by atoms with E-state index in [9.17, 15) is 4.79 Å². The van der Waals surface area contributed by atoms with E-state index in [1.807, 2.05) is 6.07 Å². The summed E-state index contributed by atoms with van der Waals surface area (Å²) in [6.07, 6.45) is 2.46. The fraction of sp³-hybridized carbons (Fsp3) is 0.250. The molecule has 1 atom stereocenters. The minimum absolute atomic E-state index is 0.276. The van der Waals surface area contributed by atoms with Crippen LogP contribution in [-0.2, 0) is 4.79 Å². The predicted molar refractivity (Wildman–Crippen MR) is 51.5 cm³/mol. The molecule has 1 rings (SSSR count). The van der Waals surface area contributed by atoms with Gasteiger partial charge in [0.2, 0.25) is 0 Å². The van der Waals surface area contributed by atoms with Gasteiger partial charge in [-0.1, -0.05) is 0 Å². The van der Waals surface area contributed by atoms with Gasteiger partial charge < -0.3 is 4.79 Å². The van der Waals surface area contributed by atoms with Crippen molar-refractivity contribution in [3.8, 4) is 0 Å². The molecule has 0 aliphatic carbocycles. The first-order valence-electron chi connectivity index (χ1n) is 3.40. The highest BCUT2D eigenvalue weighted by atomic mass is 79.9. The third kappa shape index (κ3) is 2.29. The first kappa shape index (κ1) is 9.68. The lowest BCUT2D eigenvalue weighted by Crippen LogP contribution is -2.03. The SMILES string of the molecule is O=CC(CCl)c1ccc(Br)cn1. The average molecular weight is 249 g/mol. The molecule has 0 saturated carbocycles. The lowest BCUT2D eigenvalue weighted by atomic mass is 10.1. The number of aromatic nitrogens is 1. The molecular weight excluding hydrogens is 241 g/mol. The largest absolute Gasteiger partial charge is 0.303 e. The Morgan fingerprint density at radius 1 is 1.67 bits per heavy atom. The van der Waals surface area contributed by atoms with E-state index in [4.69, 9.17) is 11.6 Å². The number of rotatable bonds is 3. The van der Waals surface area contributed by atoms with Gasteiger partial charge in [0.05, 0.1) is 11.6 Å². The van der Waals surface area contributed by atoms with Gasteiger partial charge in [-0.2, -0.15) is 0 Å². The van der Waals surface area contributed by atoms with E-state index < -0.39 is 0 Å². The zero-order valence-corrected chi connectivity index (χ0v) is 8.55. The second kappa shape index (κ2) is 4.58. The summed E-state index contributed by atoms with van der Waals surface area (Å²) in [5.74, 6) is -0.0160. The molecule has 2 nitrogen and oxygen atoms in total. The molecule has 64 valence electrons. The Morgan fingerprint density at radius 3 is 2.83 bits per heavy atom. The third-order valence-corrected chi connectivity index (χ3v) is 2.26. The van der Waals surface area contributed by atoms with Gasteiger partial charge in [0, 0.05) is 16.5 Å². The van der Waals surface area contributed by atoms with E-state index in [-0.39, 0.29) is 11.8 Å². The minimum Gasteiger partial charge on any atom is -0.303 e. The van der Waals surface area contributed by atoms with E-state index in [1.165, 1.54) is 0 Å². The normalized spacial score (nSPS) is 12.5. The molecule has 0 aliphatic heterocycles. The van der Waals surface area contributed by atoms with Crippen LogP contribution in [-0.4, -0.2) is 17.2 Å². The first-order chi connectivity index (χ1) is 5.77. The van der Waals surface area contributed by atoms with E-state index in [0.717, 1.165) is 10.8 Å². The average Bonchev–Trinajstić information content (AvgIpc) is 2.10. The second-order valence-electron chi connectivity index (χ2n) is 2.30. The third-order valence-electron chi connectivity index (χ3n) is 1.46. The number of hydrogen-bond acceptors (Lipinski definition) is 2. The van der Waals surface area contributed by atoms with Crippen molar-refractivity contribution >= 4 is 33.8 Å². The Labute approximate surface area is 84.1 Å². The summed E-state index contributed by atoms with van der Waals surface area (Å²) >= 11 is 8.81. The maximum Gasteiger partial charge on any atom is 0.130 e. The Morgan fingerprint density at radius 2 is 2.42 bits per heavy atom. The quantitative estimate of drug-likeness (QED) is 0.607. The second-order valence-corrected chi connectivity index (χ2v) is 3.52. The van der Waals surface area contributed by atoms with Crippen molar-refractivity contribution in [3.05, 3.63) is 28.5 Å². The summed E-state index contributed by atoms with van der Waals surface area (Å²) in [6, 6.07) is 3.62. The minimum atomic E-state index is -0.292. The van der Waals surface area contributed by atoms with Crippen LogP contribution < -0.4 is 0 Å². The predicted octanol–water partition coefficient (Wildman–Crippen LogP) is 2.37. The fourth-order valence-corrected chi connectivity index (χ4v) is 1.26. The summed E-state index contributed by atoms with van der Waals surface area (Å²) in [4.78, 5) is 14.5. The molecule has 1 aromatic heterocycles. The van der Waals surface area contributed by atoms with Crippen molar-refractivity contribution in [2.45, 2.75) is 5.92 Å². The van der Waals surface area contributed by atoms with Crippen LogP contribution in [0.2, 0.25) is 0 Å². The smallest absolute Gasteiger partial charge is 0.130 e. The topological polar surface area (TPSA) is 30.0 Å². The van der Waals surface area contributed by atoms with Crippen LogP contribution in [0.15, 0.2) is 22.8 Å². The Hall–Kier alpha value is -0.410. The number of alkyl halides is 1. The summed E-state index contributed by atoms with van der Waals surface area (Å²) in [5.41, 5.74) is 0.711. The van der Waals surface area contributed by atoms with Crippen LogP contribution in [0.25, 0.3) is 0 Å². The molecule has 0 radical (unpaired) electrons.